The number of aryl methyl sites for hydroxylation is 1. The summed E-state index contributed by atoms with van der Waals surface area (Å²) in [6.45, 7) is 4.38. The molecule has 0 spiro atoms. The Morgan fingerprint density at radius 3 is 2.56 bits per heavy atom. The summed E-state index contributed by atoms with van der Waals surface area (Å²) in [5, 5.41) is 0. The van der Waals surface area contributed by atoms with Gasteiger partial charge < -0.3 is 20.3 Å². The molecule has 3 aromatic rings. The Morgan fingerprint density at radius 2 is 1.78 bits per heavy atom. The van der Waals surface area contributed by atoms with Gasteiger partial charge in [0, 0.05) is 32.4 Å². The first-order valence-corrected chi connectivity index (χ1v) is 10.5. The summed E-state index contributed by atoms with van der Waals surface area (Å²) < 4.78 is 5.51. The minimum absolute atomic E-state index is 0.183. The van der Waals surface area contributed by atoms with Gasteiger partial charge in [0.25, 0.3) is 0 Å². The van der Waals surface area contributed by atoms with Crippen LogP contribution in [0.25, 0.3) is 0 Å². The normalized spacial score (nSPS) is 14.0. The third-order valence-electron chi connectivity index (χ3n) is 5.35. The quantitative estimate of drug-likeness (QED) is 0.632. The van der Waals surface area contributed by atoms with Crippen LogP contribution in [0.3, 0.4) is 0 Å². The minimum Gasteiger partial charge on any atom is -0.410 e. The van der Waals surface area contributed by atoms with Gasteiger partial charge in [-0.05, 0) is 49.7 Å². The van der Waals surface area contributed by atoms with Gasteiger partial charge in [0.2, 0.25) is 5.78 Å². The second kappa shape index (κ2) is 9.47. The van der Waals surface area contributed by atoms with E-state index < -0.39 is 0 Å². The van der Waals surface area contributed by atoms with E-state index in [1.807, 2.05) is 25.1 Å². The third-order valence-corrected chi connectivity index (χ3v) is 5.35. The van der Waals surface area contributed by atoms with Crippen molar-refractivity contribution >= 4 is 23.5 Å². The summed E-state index contributed by atoms with van der Waals surface area (Å²) >= 11 is 0. The number of pyridine rings is 2. The first-order chi connectivity index (χ1) is 15.5. The van der Waals surface area contributed by atoms with Crippen molar-refractivity contribution in [3.8, 4) is 5.75 Å². The highest BCUT2D eigenvalue weighted by molar-refractivity contribution is 6.10. The smallest absolute Gasteiger partial charge is 0.410 e. The second-order valence-corrected chi connectivity index (χ2v) is 7.66. The molecule has 2 N–H and O–H groups in total. The van der Waals surface area contributed by atoms with Crippen LogP contribution < -0.4 is 15.4 Å². The van der Waals surface area contributed by atoms with Crippen molar-refractivity contribution in [2.75, 3.05) is 36.8 Å². The van der Waals surface area contributed by atoms with Crippen LogP contribution in [0.15, 0.2) is 60.8 Å². The van der Waals surface area contributed by atoms with Gasteiger partial charge in [-0.2, -0.15) is 0 Å². The average molecular weight is 431 g/mol. The van der Waals surface area contributed by atoms with E-state index in [1.165, 1.54) is 0 Å². The fourth-order valence-electron chi connectivity index (χ4n) is 3.57. The summed E-state index contributed by atoms with van der Waals surface area (Å²) in [5.74, 6) is 1.13. The summed E-state index contributed by atoms with van der Waals surface area (Å²) in [4.78, 5) is 37.7. The maximum absolute atomic E-state index is 12.8. The molecular formula is C24H25N5O3. The van der Waals surface area contributed by atoms with Crippen LogP contribution in [0.4, 0.5) is 16.4 Å². The number of benzene rings is 1. The molecule has 0 atom stereocenters. The molecule has 8 nitrogen and oxygen atoms in total. The highest BCUT2D eigenvalue weighted by Crippen LogP contribution is 2.19. The lowest BCUT2D eigenvalue weighted by Gasteiger charge is -2.23. The van der Waals surface area contributed by atoms with E-state index in [0.717, 1.165) is 12.0 Å². The van der Waals surface area contributed by atoms with Crippen LogP contribution in [-0.2, 0) is 0 Å². The summed E-state index contributed by atoms with van der Waals surface area (Å²) in [7, 11) is 0. The molecule has 0 radical (unpaired) electrons. The number of nitrogen functional groups attached to an aromatic ring is 1. The molecule has 1 aliphatic rings. The third kappa shape index (κ3) is 4.85. The van der Waals surface area contributed by atoms with Gasteiger partial charge in [-0.1, -0.05) is 23.8 Å². The van der Waals surface area contributed by atoms with Gasteiger partial charge >= 0.3 is 6.09 Å². The van der Waals surface area contributed by atoms with Crippen LogP contribution >= 0.6 is 0 Å². The van der Waals surface area contributed by atoms with E-state index in [9.17, 15) is 9.59 Å². The summed E-state index contributed by atoms with van der Waals surface area (Å²) in [6, 6.07) is 16.0. The summed E-state index contributed by atoms with van der Waals surface area (Å²) in [5.41, 5.74) is 7.59. The molecule has 32 heavy (non-hydrogen) atoms. The fraction of sp³-hybridized carbons (Fsp3) is 0.250. The van der Waals surface area contributed by atoms with E-state index in [1.54, 1.807) is 47.5 Å². The molecule has 0 bridgehead atoms. The molecule has 0 unspecified atom stereocenters. The van der Waals surface area contributed by atoms with Gasteiger partial charge in [0.05, 0.1) is 5.56 Å². The number of anilines is 2. The highest BCUT2D eigenvalue weighted by Gasteiger charge is 2.22. The Hall–Kier alpha value is -3.94. The standard InChI is InChI=1S/C24H25N5O3/c1-17-8-10-18(11-9-17)32-24(31)29-14-4-13-28(15-16-29)21-7-2-6-20(27-21)22(30)19-5-3-12-26-23(19)25/h2-3,5-12H,4,13-16H2,1H3,(H2,25,26). The molecule has 0 aliphatic carbocycles. The second-order valence-electron chi connectivity index (χ2n) is 7.66. The van der Waals surface area contributed by atoms with Gasteiger partial charge in [-0.3, -0.25) is 4.79 Å². The maximum atomic E-state index is 12.8. The van der Waals surface area contributed by atoms with Crippen molar-refractivity contribution in [2.45, 2.75) is 13.3 Å². The van der Waals surface area contributed by atoms with Gasteiger partial charge in [-0.15, -0.1) is 0 Å². The van der Waals surface area contributed by atoms with Crippen molar-refractivity contribution in [2.24, 2.45) is 0 Å². The van der Waals surface area contributed by atoms with Gasteiger partial charge in [0.1, 0.15) is 23.1 Å². The number of aromatic nitrogens is 2. The zero-order chi connectivity index (χ0) is 22.5. The highest BCUT2D eigenvalue weighted by atomic mass is 16.6. The van der Waals surface area contributed by atoms with E-state index in [2.05, 4.69) is 14.9 Å². The molecule has 4 rings (SSSR count). The Labute approximate surface area is 186 Å². The number of hydrogen-bond donors (Lipinski definition) is 1. The Kier molecular flexibility index (Phi) is 6.30. The molecule has 164 valence electrons. The van der Waals surface area contributed by atoms with Crippen LogP contribution in [-0.4, -0.2) is 52.9 Å². The van der Waals surface area contributed by atoms with Gasteiger partial charge in [0.15, 0.2) is 0 Å². The Balaban J connectivity index is 1.42. The average Bonchev–Trinajstić information content (AvgIpc) is 3.07. The lowest BCUT2D eigenvalue weighted by molar-refractivity contribution is 0.103. The van der Waals surface area contributed by atoms with Crippen LogP contribution in [0.5, 0.6) is 5.75 Å². The molecule has 3 heterocycles. The van der Waals surface area contributed by atoms with Crippen LogP contribution in [0.2, 0.25) is 0 Å². The minimum atomic E-state index is -0.361. The topological polar surface area (TPSA) is 102 Å². The fourth-order valence-corrected chi connectivity index (χ4v) is 3.57. The van der Waals surface area contributed by atoms with Crippen molar-refractivity contribution in [1.82, 2.24) is 14.9 Å². The van der Waals surface area contributed by atoms with Gasteiger partial charge in [-0.25, -0.2) is 14.8 Å². The molecule has 1 fully saturated rings. The van der Waals surface area contributed by atoms with Crippen LogP contribution in [0, 0.1) is 6.92 Å². The zero-order valence-corrected chi connectivity index (χ0v) is 17.9. The number of nitrogens with two attached hydrogens (primary N) is 1. The van der Waals surface area contributed by atoms with Crippen molar-refractivity contribution in [1.29, 1.82) is 0 Å². The molecule has 1 saturated heterocycles. The van der Waals surface area contributed by atoms with Crippen LogP contribution in [0.1, 0.15) is 28.0 Å². The number of carbonyl (C=O) groups excluding carboxylic acids is 2. The monoisotopic (exact) mass is 431 g/mol. The molecule has 1 amide bonds. The number of amides is 1. The van der Waals surface area contributed by atoms with E-state index in [0.29, 0.717) is 49.0 Å². The van der Waals surface area contributed by atoms with Crippen molar-refractivity contribution in [3.63, 3.8) is 0 Å². The first kappa shape index (κ1) is 21.3. The maximum Gasteiger partial charge on any atom is 0.415 e. The molecule has 1 aromatic carbocycles. The number of carbonyl (C=O) groups is 2. The largest absolute Gasteiger partial charge is 0.415 e. The Morgan fingerprint density at radius 1 is 0.969 bits per heavy atom. The van der Waals surface area contributed by atoms with E-state index >= 15 is 0 Å². The molecule has 2 aromatic heterocycles. The molecule has 1 aliphatic heterocycles. The van der Waals surface area contributed by atoms with Crippen molar-refractivity contribution < 1.29 is 14.3 Å². The van der Waals surface area contributed by atoms with E-state index in [4.69, 9.17) is 10.5 Å². The lowest BCUT2D eigenvalue weighted by Crippen LogP contribution is -2.37. The molecular weight excluding hydrogens is 406 g/mol. The number of hydrogen-bond acceptors (Lipinski definition) is 7. The molecule has 0 saturated carbocycles. The predicted octanol–water partition coefficient (Wildman–Crippen LogP) is 3.31. The van der Waals surface area contributed by atoms with Crippen molar-refractivity contribution in [3.05, 3.63) is 77.6 Å². The number of ketones is 1. The summed E-state index contributed by atoms with van der Waals surface area (Å²) in [6.07, 6.45) is 1.95. The Bertz CT molecular complexity index is 1120. The number of nitrogens with zero attached hydrogens (tertiary/aromatic N) is 4. The number of rotatable bonds is 4. The molecule has 8 heteroatoms. The number of ether oxygens (including phenoxy) is 1. The first-order valence-electron chi connectivity index (χ1n) is 10.5. The lowest BCUT2D eigenvalue weighted by atomic mass is 10.1. The van der Waals surface area contributed by atoms with E-state index in [-0.39, 0.29) is 17.7 Å². The SMILES string of the molecule is Cc1ccc(OC(=O)N2CCCN(c3cccc(C(=O)c4cccnc4N)n3)CC2)cc1. The zero-order valence-electron chi connectivity index (χ0n) is 17.9. The predicted molar refractivity (Wildman–Crippen MR) is 122 cm³/mol.